The Morgan fingerprint density at radius 3 is 2.61 bits per heavy atom. The van der Waals surface area contributed by atoms with E-state index in [9.17, 15) is 0 Å². The standard InChI is InChI=1S/C32H37FN6O2/c1-40-18-20-5-2-6-26-27(20)25(15-34-26)23-9-10-24-29(28(23)33)36-31(41-19-32-11-3-13-39(32)14-4-12-32)37-30(24)38-16-21-7-8-22(17-38)35-21/h2,5-6,9-10,15,21-22,34-35H,3-4,7-8,11-14,16-19H2,1H3. The van der Waals surface area contributed by atoms with Crippen LogP contribution in [-0.2, 0) is 11.3 Å². The zero-order chi connectivity index (χ0) is 27.6. The van der Waals surface area contributed by atoms with E-state index in [1.54, 1.807) is 7.11 Å². The van der Waals surface area contributed by atoms with E-state index in [1.807, 2.05) is 36.5 Å². The van der Waals surface area contributed by atoms with Gasteiger partial charge >= 0.3 is 6.01 Å². The lowest BCUT2D eigenvalue weighted by Crippen LogP contribution is -2.51. The number of halogens is 1. The maximum Gasteiger partial charge on any atom is 0.319 e. The second-order valence-electron chi connectivity index (χ2n) is 12.4. The zero-order valence-corrected chi connectivity index (χ0v) is 23.6. The van der Waals surface area contributed by atoms with Gasteiger partial charge in [-0.25, -0.2) is 4.39 Å². The summed E-state index contributed by atoms with van der Waals surface area (Å²) in [6, 6.07) is 11.0. The Labute approximate surface area is 239 Å². The summed E-state index contributed by atoms with van der Waals surface area (Å²) in [5, 5.41) is 5.41. The highest BCUT2D eigenvalue weighted by molar-refractivity contribution is 6.01. The summed E-state index contributed by atoms with van der Waals surface area (Å²) in [5.74, 6) is 0.434. The van der Waals surface area contributed by atoms with Gasteiger partial charge in [0.15, 0.2) is 5.82 Å². The van der Waals surface area contributed by atoms with Crippen molar-refractivity contribution in [2.24, 2.45) is 0 Å². The minimum absolute atomic E-state index is 0.0643. The molecule has 2 N–H and O–H groups in total. The van der Waals surface area contributed by atoms with Crippen LogP contribution in [0.1, 0.15) is 44.1 Å². The van der Waals surface area contributed by atoms with E-state index in [-0.39, 0.29) is 17.4 Å². The van der Waals surface area contributed by atoms with E-state index in [0.717, 1.165) is 85.1 Å². The van der Waals surface area contributed by atoms with Crippen LogP contribution in [0.25, 0.3) is 32.9 Å². The van der Waals surface area contributed by atoms with Crippen LogP contribution in [0.5, 0.6) is 6.01 Å². The molecule has 8 rings (SSSR count). The number of aromatic nitrogens is 3. The summed E-state index contributed by atoms with van der Waals surface area (Å²) in [5.41, 5.74) is 3.67. The minimum Gasteiger partial charge on any atom is -0.461 e. The number of methoxy groups -OCH3 is 1. The second-order valence-corrected chi connectivity index (χ2v) is 12.4. The van der Waals surface area contributed by atoms with E-state index in [1.165, 1.54) is 12.8 Å². The number of aromatic amines is 1. The number of H-pyrrole nitrogens is 1. The predicted molar refractivity (Wildman–Crippen MR) is 158 cm³/mol. The van der Waals surface area contributed by atoms with Crippen molar-refractivity contribution >= 4 is 27.6 Å². The molecule has 41 heavy (non-hydrogen) atoms. The van der Waals surface area contributed by atoms with Gasteiger partial charge in [0.25, 0.3) is 0 Å². The molecule has 2 bridgehead atoms. The summed E-state index contributed by atoms with van der Waals surface area (Å²) >= 11 is 0. The summed E-state index contributed by atoms with van der Waals surface area (Å²) in [4.78, 5) is 17.9. The van der Waals surface area contributed by atoms with Gasteiger partial charge in [-0.15, -0.1) is 0 Å². The molecule has 4 saturated heterocycles. The molecule has 4 aromatic rings. The number of piperazine rings is 1. The largest absolute Gasteiger partial charge is 0.461 e. The summed E-state index contributed by atoms with van der Waals surface area (Å²) in [7, 11) is 1.68. The normalized spacial score (nSPS) is 23.6. The van der Waals surface area contributed by atoms with Crippen LogP contribution in [-0.4, -0.2) is 77.4 Å². The molecule has 0 aliphatic carbocycles. The average Bonchev–Trinajstić information content (AvgIpc) is 3.76. The van der Waals surface area contributed by atoms with E-state index in [4.69, 9.17) is 19.4 Å². The second kappa shape index (κ2) is 9.93. The van der Waals surface area contributed by atoms with Gasteiger partial charge in [0.2, 0.25) is 0 Å². The number of hydrogen-bond acceptors (Lipinski definition) is 7. The third kappa shape index (κ3) is 4.20. The number of nitrogens with zero attached hydrogens (tertiary/aromatic N) is 4. The maximum absolute atomic E-state index is 16.7. The molecular formula is C32H37FN6O2. The van der Waals surface area contributed by atoms with Gasteiger partial charge in [-0.2, -0.15) is 9.97 Å². The first-order valence-corrected chi connectivity index (χ1v) is 15.1. The van der Waals surface area contributed by atoms with Crippen molar-refractivity contribution in [3.8, 4) is 17.1 Å². The SMILES string of the molecule is COCc1cccc2[nH]cc(-c3ccc4c(N5CC6CCC(C5)N6)nc(OCC56CCCN5CCC6)nc4c3F)c12. The maximum atomic E-state index is 16.7. The molecule has 4 fully saturated rings. The van der Waals surface area contributed by atoms with Crippen molar-refractivity contribution < 1.29 is 13.9 Å². The highest BCUT2D eigenvalue weighted by atomic mass is 19.1. The number of nitrogens with one attached hydrogen (secondary N) is 2. The molecule has 2 atom stereocenters. The Kier molecular flexibility index (Phi) is 6.16. The lowest BCUT2D eigenvalue weighted by Gasteiger charge is -2.34. The van der Waals surface area contributed by atoms with Crippen molar-refractivity contribution in [2.45, 2.75) is 62.8 Å². The lowest BCUT2D eigenvalue weighted by atomic mass is 9.95. The van der Waals surface area contributed by atoms with E-state index >= 15 is 4.39 Å². The molecule has 0 radical (unpaired) electrons. The number of anilines is 1. The first kappa shape index (κ1) is 25.4. The number of fused-ring (bicyclic) bond motifs is 5. The molecule has 0 spiro atoms. The number of rotatable bonds is 7. The predicted octanol–water partition coefficient (Wildman–Crippen LogP) is 5.01. The average molecular weight is 557 g/mol. The Morgan fingerprint density at radius 2 is 1.83 bits per heavy atom. The number of hydrogen-bond donors (Lipinski definition) is 2. The van der Waals surface area contributed by atoms with Crippen LogP contribution in [0.15, 0.2) is 36.5 Å². The summed E-state index contributed by atoms with van der Waals surface area (Å²) < 4.78 is 28.6. The molecule has 4 aliphatic heterocycles. The number of benzene rings is 2. The van der Waals surface area contributed by atoms with E-state index in [2.05, 4.69) is 20.1 Å². The van der Waals surface area contributed by atoms with Crippen molar-refractivity contribution in [1.29, 1.82) is 0 Å². The van der Waals surface area contributed by atoms with Gasteiger partial charge in [-0.3, -0.25) is 4.90 Å². The molecule has 6 heterocycles. The van der Waals surface area contributed by atoms with Gasteiger partial charge in [0, 0.05) is 65.9 Å². The van der Waals surface area contributed by atoms with Gasteiger partial charge in [-0.05, 0) is 69.3 Å². The molecule has 2 aromatic carbocycles. The Balaban J connectivity index is 1.24. The molecule has 4 aliphatic rings. The lowest BCUT2D eigenvalue weighted by molar-refractivity contribution is 0.108. The van der Waals surface area contributed by atoms with Crippen LogP contribution in [0.3, 0.4) is 0 Å². The van der Waals surface area contributed by atoms with Gasteiger partial charge in [0.1, 0.15) is 17.9 Å². The van der Waals surface area contributed by atoms with Crippen LogP contribution >= 0.6 is 0 Å². The van der Waals surface area contributed by atoms with Crippen molar-refractivity contribution in [3.05, 3.63) is 47.9 Å². The van der Waals surface area contributed by atoms with E-state index in [0.29, 0.717) is 36.4 Å². The third-order valence-corrected chi connectivity index (χ3v) is 9.95. The molecule has 8 nitrogen and oxygen atoms in total. The highest BCUT2D eigenvalue weighted by Gasteiger charge is 2.45. The van der Waals surface area contributed by atoms with Gasteiger partial charge < -0.3 is 24.7 Å². The first-order valence-electron chi connectivity index (χ1n) is 15.1. The molecule has 2 unspecified atom stereocenters. The molecule has 9 heteroatoms. The fourth-order valence-corrected chi connectivity index (χ4v) is 8.02. The Morgan fingerprint density at radius 1 is 1.02 bits per heavy atom. The zero-order valence-electron chi connectivity index (χ0n) is 23.6. The highest BCUT2D eigenvalue weighted by Crippen LogP contribution is 2.41. The molecule has 2 aromatic heterocycles. The Bertz CT molecular complexity index is 1600. The van der Waals surface area contributed by atoms with Crippen LogP contribution in [0.4, 0.5) is 10.2 Å². The van der Waals surface area contributed by atoms with Crippen LogP contribution in [0.2, 0.25) is 0 Å². The summed E-state index contributed by atoms with van der Waals surface area (Å²) in [6.07, 6.45) is 8.88. The smallest absolute Gasteiger partial charge is 0.319 e. The topological polar surface area (TPSA) is 78.5 Å². The summed E-state index contributed by atoms with van der Waals surface area (Å²) in [6.45, 7) is 4.97. The van der Waals surface area contributed by atoms with Crippen molar-refractivity contribution in [2.75, 3.05) is 44.8 Å². The molecular weight excluding hydrogens is 519 g/mol. The van der Waals surface area contributed by atoms with E-state index < -0.39 is 0 Å². The van der Waals surface area contributed by atoms with Crippen LogP contribution < -0.4 is 15.0 Å². The van der Waals surface area contributed by atoms with Gasteiger partial charge in [-0.1, -0.05) is 18.2 Å². The van der Waals surface area contributed by atoms with Crippen molar-refractivity contribution in [1.82, 2.24) is 25.2 Å². The number of ether oxygens (including phenoxy) is 2. The van der Waals surface area contributed by atoms with Gasteiger partial charge in [0.05, 0.1) is 12.1 Å². The molecule has 0 saturated carbocycles. The molecule has 214 valence electrons. The quantitative estimate of drug-likeness (QED) is 0.331. The molecule has 0 amide bonds. The fourth-order valence-electron chi connectivity index (χ4n) is 8.02. The minimum atomic E-state index is -0.344. The Hall–Kier alpha value is -3.27. The van der Waals surface area contributed by atoms with Crippen molar-refractivity contribution in [3.63, 3.8) is 0 Å². The third-order valence-electron chi connectivity index (χ3n) is 9.95. The fraction of sp³-hybridized carbons (Fsp3) is 0.500. The monoisotopic (exact) mass is 556 g/mol. The first-order chi connectivity index (χ1) is 20.1. The van der Waals surface area contributed by atoms with Crippen LogP contribution in [0, 0.1) is 5.82 Å².